The highest BCUT2D eigenvalue weighted by Gasteiger charge is 2.23. The summed E-state index contributed by atoms with van der Waals surface area (Å²) in [5.74, 6) is 2.38. The van der Waals surface area contributed by atoms with Crippen LogP contribution in [0.4, 0.5) is 5.69 Å². The maximum absolute atomic E-state index is 12.5. The van der Waals surface area contributed by atoms with Crippen molar-refractivity contribution < 1.29 is 9.21 Å². The maximum atomic E-state index is 12.5. The number of benzene rings is 1. The fraction of sp³-hybridized carbons (Fsp3) is 0.455. The highest BCUT2D eigenvalue weighted by molar-refractivity contribution is 5.94. The van der Waals surface area contributed by atoms with E-state index >= 15 is 0 Å². The lowest BCUT2D eigenvalue weighted by molar-refractivity contribution is -0.120. The van der Waals surface area contributed by atoms with Crippen LogP contribution in [0.3, 0.4) is 0 Å². The molecule has 3 aromatic rings. The molecule has 0 unspecified atom stereocenters. The van der Waals surface area contributed by atoms with E-state index in [0.29, 0.717) is 0 Å². The molecule has 146 valence electrons. The van der Waals surface area contributed by atoms with Crippen LogP contribution in [0.25, 0.3) is 11.0 Å². The van der Waals surface area contributed by atoms with Crippen LogP contribution < -0.4 is 5.32 Å². The van der Waals surface area contributed by atoms with Crippen molar-refractivity contribution in [2.24, 2.45) is 5.92 Å². The van der Waals surface area contributed by atoms with E-state index in [4.69, 9.17) is 9.40 Å². The quantitative estimate of drug-likeness (QED) is 0.740. The summed E-state index contributed by atoms with van der Waals surface area (Å²) in [6.45, 7) is 3.50. The average Bonchev–Trinajstić information content (AvgIpc) is 3.35. The molecule has 2 aromatic heterocycles. The average molecular weight is 378 g/mol. The summed E-state index contributed by atoms with van der Waals surface area (Å²) in [4.78, 5) is 19.7. The maximum Gasteiger partial charge on any atom is 0.227 e. The third kappa shape index (κ3) is 3.44. The normalized spacial score (nSPS) is 18.3. The number of anilines is 1. The molecule has 1 aromatic carbocycles. The van der Waals surface area contributed by atoms with Gasteiger partial charge in [-0.25, -0.2) is 4.98 Å². The largest absolute Gasteiger partial charge is 0.468 e. The van der Waals surface area contributed by atoms with Gasteiger partial charge in [-0.3, -0.25) is 9.69 Å². The van der Waals surface area contributed by atoms with Crippen LogP contribution in [-0.2, 0) is 24.4 Å². The van der Waals surface area contributed by atoms with Crippen LogP contribution in [0.5, 0.6) is 0 Å². The summed E-state index contributed by atoms with van der Waals surface area (Å²) in [7, 11) is 0. The number of amides is 1. The molecule has 0 radical (unpaired) electrons. The van der Waals surface area contributed by atoms with Crippen LogP contribution in [0.15, 0.2) is 41.0 Å². The fourth-order valence-electron chi connectivity index (χ4n) is 4.52. The number of nitrogens with one attached hydrogen (secondary N) is 1. The van der Waals surface area contributed by atoms with Crippen molar-refractivity contribution in [2.45, 2.75) is 51.7 Å². The van der Waals surface area contributed by atoms with Crippen LogP contribution >= 0.6 is 0 Å². The van der Waals surface area contributed by atoms with E-state index in [1.165, 1.54) is 19.3 Å². The minimum absolute atomic E-state index is 0.160. The van der Waals surface area contributed by atoms with E-state index in [1.807, 2.05) is 24.3 Å². The van der Waals surface area contributed by atoms with Crippen molar-refractivity contribution in [2.75, 3.05) is 11.9 Å². The van der Waals surface area contributed by atoms with E-state index in [1.54, 1.807) is 6.26 Å². The first-order chi connectivity index (χ1) is 13.8. The Morgan fingerprint density at radius 1 is 1.18 bits per heavy atom. The first-order valence-electron chi connectivity index (χ1n) is 10.3. The number of furan rings is 1. The molecule has 1 fully saturated rings. The third-order valence-corrected chi connectivity index (χ3v) is 6.04. The summed E-state index contributed by atoms with van der Waals surface area (Å²) >= 11 is 0. The predicted octanol–water partition coefficient (Wildman–Crippen LogP) is 4.16. The van der Waals surface area contributed by atoms with Crippen LogP contribution in [0.2, 0.25) is 0 Å². The first-order valence-corrected chi connectivity index (χ1v) is 10.3. The van der Waals surface area contributed by atoms with E-state index < -0.39 is 0 Å². The summed E-state index contributed by atoms with van der Waals surface area (Å²) < 4.78 is 7.77. The second kappa shape index (κ2) is 7.43. The number of fused-ring (bicyclic) bond motifs is 3. The van der Waals surface area contributed by atoms with Crippen LogP contribution in [0, 0.1) is 5.92 Å². The Morgan fingerprint density at radius 2 is 2.07 bits per heavy atom. The Labute approximate surface area is 164 Å². The lowest BCUT2D eigenvalue weighted by Crippen LogP contribution is -2.33. The number of nitrogens with zero attached hydrogens (tertiary/aromatic N) is 3. The Kier molecular flexibility index (Phi) is 4.64. The zero-order chi connectivity index (χ0) is 18.9. The molecule has 28 heavy (non-hydrogen) atoms. The molecule has 6 nitrogen and oxygen atoms in total. The number of hydrogen-bond donors (Lipinski definition) is 1. The Morgan fingerprint density at radius 3 is 2.89 bits per heavy atom. The number of carbonyl (C=O) groups excluding carboxylic acids is 1. The van der Waals surface area contributed by atoms with Crippen molar-refractivity contribution in [1.82, 2.24) is 14.5 Å². The standard InChI is InChI=1S/C22H26N4O2/c27-22(16-5-2-1-3-6-16)23-17-8-9-20-19(13-17)24-21-15-25(10-11-26(20)21)14-18-7-4-12-28-18/h4,7-9,12-13,16H,1-3,5-6,10-11,14-15H2,(H,23,27). The van der Waals surface area contributed by atoms with Gasteiger partial charge < -0.3 is 14.3 Å². The summed E-state index contributed by atoms with van der Waals surface area (Å²) in [5.41, 5.74) is 2.95. The summed E-state index contributed by atoms with van der Waals surface area (Å²) in [6, 6.07) is 10.0. The molecule has 6 heteroatoms. The van der Waals surface area contributed by atoms with Gasteiger partial charge in [-0.1, -0.05) is 19.3 Å². The van der Waals surface area contributed by atoms with Crippen LogP contribution in [0.1, 0.15) is 43.7 Å². The van der Waals surface area contributed by atoms with E-state index in [0.717, 1.165) is 67.3 Å². The van der Waals surface area contributed by atoms with Crippen molar-refractivity contribution in [3.63, 3.8) is 0 Å². The van der Waals surface area contributed by atoms with Crippen LogP contribution in [-0.4, -0.2) is 26.9 Å². The minimum Gasteiger partial charge on any atom is -0.468 e. The number of rotatable bonds is 4. The van der Waals surface area contributed by atoms with Gasteiger partial charge in [0.2, 0.25) is 5.91 Å². The topological polar surface area (TPSA) is 63.3 Å². The Balaban J connectivity index is 1.32. The van der Waals surface area contributed by atoms with Crippen molar-refractivity contribution in [1.29, 1.82) is 0 Å². The Hall–Kier alpha value is -2.60. The van der Waals surface area contributed by atoms with Gasteiger partial charge in [0.15, 0.2) is 0 Å². The molecule has 0 saturated heterocycles. The van der Waals surface area contributed by atoms with Gasteiger partial charge in [-0.05, 0) is 43.2 Å². The summed E-state index contributed by atoms with van der Waals surface area (Å²) in [6.07, 6.45) is 7.33. The predicted molar refractivity (Wildman–Crippen MR) is 108 cm³/mol. The molecule has 2 aliphatic rings. The smallest absolute Gasteiger partial charge is 0.227 e. The van der Waals surface area contributed by atoms with Crippen molar-refractivity contribution in [3.05, 3.63) is 48.2 Å². The molecule has 0 atom stereocenters. The molecule has 3 heterocycles. The molecule has 0 bridgehead atoms. The monoisotopic (exact) mass is 378 g/mol. The molecular formula is C22H26N4O2. The number of carbonyl (C=O) groups is 1. The highest BCUT2D eigenvalue weighted by Crippen LogP contribution is 2.27. The summed E-state index contributed by atoms with van der Waals surface area (Å²) in [5, 5.41) is 3.11. The molecule has 1 aliphatic carbocycles. The van der Waals surface area contributed by atoms with Gasteiger partial charge in [0.25, 0.3) is 0 Å². The van der Waals surface area contributed by atoms with Gasteiger partial charge in [0.1, 0.15) is 11.6 Å². The molecule has 0 spiro atoms. The number of aromatic nitrogens is 2. The number of imidazole rings is 1. The number of hydrogen-bond acceptors (Lipinski definition) is 4. The zero-order valence-corrected chi connectivity index (χ0v) is 16.1. The SMILES string of the molecule is O=C(Nc1ccc2c(c1)nc1n2CCN(Cc2ccco2)C1)C1CCCCC1. The van der Waals surface area contributed by atoms with Crippen molar-refractivity contribution >= 4 is 22.6 Å². The highest BCUT2D eigenvalue weighted by atomic mass is 16.3. The minimum atomic E-state index is 0.160. The molecule has 5 rings (SSSR count). The van der Waals surface area contributed by atoms with Gasteiger partial charge >= 0.3 is 0 Å². The van der Waals surface area contributed by atoms with E-state index in [-0.39, 0.29) is 11.8 Å². The van der Waals surface area contributed by atoms with E-state index in [9.17, 15) is 4.79 Å². The zero-order valence-electron chi connectivity index (χ0n) is 16.1. The molecular weight excluding hydrogens is 352 g/mol. The second-order valence-corrected chi connectivity index (χ2v) is 8.00. The Bertz CT molecular complexity index is 970. The van der Waals surface area contributed by atoms with Gasteiger partial charge in [-0.2, -0.15) is 0 Å². The van der Waals surface area contributed by atoms with Gasteiger partial charge in [0, 0.05) is 24.7 Å². The lowest BCUT2D eigenvalue weighted by atomic mass is 9.88. The molecule has 1 amide bonds. The molecule has 1 saturated carbocycles. The van der Waals surface area contributed by atoms with E-state index in [2.05, 4.69) is 20.9 Å². The van der Waals surface area contributed by atoms with Gasteiger partial charge in [0.05, 0.1) is 30.4 Å². The lowest BCUT2D eigenvalue weighted by Gasteiger charge is -2.26. The van der Waals surface area contributed by atoms with Gasteiger partial charge in [-0.15, -0.1) is 0 Å². The first kappa shape index (κ1) is 17.5. The van der Waals surface area contributed by atoms with Crippen molar-refractivity contribution in [3.8, 4) is 0 Å². The molecule has 1 aliphatic heterocycles. The molecule has 1 N–H and O–H groups in total. The second-order valence-electron chi connectivity index (χ2n) is 8.00. The fourth-order valence-corrected chi connectivity index (χ4v) is 4.52. The third-order valence-electron chi connectivity index (χ3n) is 6.04.